The summed E-state index contributed by atoms with van der Waals surface area (Å²) in [6.45, 7) is 0. The van der Waals surface area contributed by atoms with Crippen LogP contribution >= 0.6 is 15.9 Å². The van der Waals surface area contributed by atoms with Gasteiger partial charge in [-0.05, 0) is 48.3 Å². The fourth-order valence-corrected chi connectivity index (χ4v) is 3.08. The zero-order valence-electron chi connectivity index (χ0n) is 11.6. The molecule has 0 spiro atoms. The van der Waals surface area contributed by atoms with Crippen LogP contribution in [0.5, 0.6) is 5.75 Å². The molecule has 0 saturated heterocycles. The van der Waals surface area contributed by atoms with Crippen LogP contribution in [0.1, 0.15) is 25.7 Å². The maximum absolute atomic E-state index is 11.1. The van der Waals surface area contributed by atoms with Crippen molar-refractivity contribution in [2.75, 3.05) is 7.05 Å². The molecule has 2 unspecified atom stereocenters. The van der Waals surface area contributed by atoms with E-state index in [0.29, 0.717) is 10.9 Å². The summed E-state index contributed by atoms with van der Waals surface area (Å²) in [6.07, 6.45) is 2.68. The second-order valence-electron chi connectivity index (χ2n) is 5.13. The van der Waals surface area contributed by atoms with Gasteiger partial charge in [0.05, 0.1) is 15.5 Å². The molecule has 2 atom stereocenters. The predicted molar refractivity (Wildman–Crippen MR) is 81.1 cm³/mol. The molecular weight excluding hydrogens is 338 g/mol. The third-order valence-corrected chi connectivity index (χ3v) is 4.45. The predicted octanol–water partition coefficient (Wildman–Crippen LogP) is 3.16. The summed E-state index contributed by atoms with van der Waals surface area (Å²) in [5, 5.41) is 23.5. The number of nitro groups is 1. The lowest BCUT2D eigenvalue weighted by Crippen LogP contribution is -2.48. The van der Waals surface area contributed by atoms with Gasteiger partial charge in [0, 0.05) is 12.5 Å². The van der Waals surface area contributed by atoms with Crippen molar-refractivity contribution in [2.24, 2.45) is 0 Å². The molecule has 0 amide bonds. The number of nitriles is 1. The molecule has 1 aromatic rings. The molecule has 0 aliphatic heterocycles. The van der Waals surface area contributed by atoms with E-state index in [1.165, 1.54) is 6.07 Å². The monoisotopic (exact) mass is 353 g/mol. The van der Waals surface area contributed by atoms with Gasteiger partial charge in [0.1, 0.15) is 11.6 Å². The number of hydrogen-bond donors (Lipinski definition) is 1. The lowest BCUT2D eigenvalue weighted by molar-refractivity contribution is -0.386. The van der Waals surface area contributed by atoms with Crippen LogP contribution in [0.2, 0.25) is 0 Å². The van der Waals surface area contributed by atoms with Gasteiger partial charge in [-0.1, -0.05) is 6.07 Å². The van der Waals surface area contributed by atoms with Gasteiger partial charge in [-0.2, -0.15) is 5.26 Å². The average molecular weight is 354 g/mol. The molecule has 1 fully saturated rings. The van der Waals surface area contributed by atoms with Gasteiger partial charge in [-0.3, -0.25) is 10.1 Å². The van der Waals surface area contributed by atoms with Crippen molar-refractivity contribution in [3.63, 3.8) is 0 Å². The quantitative estimate of drug-likeness (QED) is 0.663. The topological polar surface area (TPSA) is 88.2 Å². The Morgan fingerprint density at radius 1 is 1.62 bits per heavy atom. The van der Waals surface area contributed by atoms with Crippen molar-refractivity contribution in [3.05, 3.63) is 32.8 Å². The minimum Gasteiger partial charge on any atom is -0.483 e. The number of rotatable bonds is 4. The molecule has 1 aromatic carbocycles. The van der Waals surface area contributed by atoms with E-state index in [0.717, 1.165) is 19.3 Å². The summed E-state index contributed by atoms with van der Waals surface area (Å²) >= 11 is 3.29. The minimum atomic E-state index is -0.612. The molecule has 21 heavy (non-hydrogen) atoms. The van der Waals surface area contributed by atoms with Crippen LogP contribution in [-0.4, -0.2) is 23.6 Å². The van der Waals surface area contributed by atoms with Crippen molar-refractivity contribution in [1.29, 1.82) is 5.26 Å². The Labute approximate surface area is 131 Å². The Morgan fingerprint density at radius 2 is 2.38 bits per heavy atom. The van der Waals surface area contributed by atoms with Gasteiger partial charge in [-0.15, -0.1) is 0 Å². The zero-order valence-corrected chi connectivity index (χ0v) is 13.2. The molecular formula is C14H16BrN3O3. The molecule has 6 nitrogen and oxygen atoms in total. The third kappa shape index (κ3) is 3.34. The Hall–Kier alpha value is -1.65. The third-order valence-electron chi connectivity index (χ3n) is 3.83. The fourth-order valence-electron chi connectivity index (χ4n) is 2.63. The largest absolute Gasteiger partial charge is 0.483 e. The molecule has 1 saturated carbocycles. The lowest BCUT2D eigenvalue weighted by atomic mass is 9.81. The summed E-state index contributed by atoms with van der Waals surface area (Å²) in [6, 6.07) is 7.02. The first-order chi connectivity index (χ1) is 10.0. The first kappa shape index (κ1) is 15.7. The van der Waals surface area contributed by atoms with Gasteiger partial charge < -0.3 is 10.1 Å². The summed E-state index contributed by atoms with van der Waals surface area (Å²) in [5.74, 6) is 0.234. The zero-order chi connectivity index (χ0) is 15.5. The van der Waals surface area contributed by atoms with Gasteiger partial charge in [0.25, 0.3) is 0 Å². The highest BCUT2D eigenvalue weighted by molar-refractivity contribution is 9.10. The molecule has 112 valence electrons. The first-order valence-electron chi connectivity index (χ1n) is 6.71. The normalized spacial score (nSPS) is 25.1. The van der Waals surface area contributed by atoms with Crippen molar-refractivity contribution < 1.29 is 9.66 Å². The van der Waals surface area contributed by atoms with Gasteiger partial charge in [-0.25, -0.2) is 0 Å². The Bertz CT molecular complexity index is 587. The molecule has 0 radical (unpaired) electrons. The van der Waals surface area contributed by atoms with E-state index in [-0.39, 0.29) is 17.5 Å². The van der Waals surface area contributed by atoms with E-state index in [1.807, 2.05) is 0 Å². The highest BCUT2D eigenvalue weighted by Crippen LogP contribution is 2.38. The number of hydrogen-bond acceptors (Lipinski definition) is 5. The second kappa shape index (κ2) is 6.41. The molecule has 1 N–H and O–H groups in total. The first-order valence-corrected chi connectivity index (χ1v) is 7.50. The number of benzene rings is 1. The van der Waals surface area contributed by atoms with Crippen molar-refractivity contribution in [1.82, 2.24) is 5.32 Å². The van der Waals surface area contributed by atoms with Crippen LogP contribution in [0.3, 0.4) is 0 Å². The number of nitro benzene ring substituents is 1. The summed E-state index contributed by atoms with van der Waals surface area (Å²) in [5.41, 5.74) is -0.680. The van der Waals surface area contributed by atoms with Gasteiger partial charge in [0.2, 0.25) is 5.75 Å². The number of nitrogens with zero attached hydrogens (tertiary/aromatic N) is 2. The van der Waals surface area contributed by atoms with Crippen molar-refractivity contribution in [2.45, 2.75) is 37.3 Å². The van der Waals surface area contributed by atoms with E-state index in [4.69, 9.17) is 4.74 Å². The van der Waals surface area contributed by atoms with E-state index in [1.54, 1.807) is 19.2 Å². The minimum absolute atomic E-state index is 0.0676. The van der Waals surface area contributed by atoms with Crippen LogP contribution in [0.15, 0.2) is 22.7 Å². The van der Waals surface area contributed by atoms with Crippen LogP contribution in [0.25, 0.3) is 0 Å². The number of nitrogens with one attached hydrogen (secondary N) is 1. The van der Waals surface area contributed by atoms with Crippen LogP contribution in [0.4, 0.5) is 5.69 Å². The van der Waals surface area contributed by atoms with Crippen LogP contribution in [-0.2, 0) is 0 Å². The van der Waals surface area contributed by atoms with Gasteiger partial charge in [0.15, 0.2) is 0 Å². The molecule has 1 aliphatic carbocycles. The molecule has 0 heterocycles. The number of halogens is 1. The molecule has 2 rings (SSSR count). The van der Waals surface area contributed by atoms with E-state index < -0.39 is 10.5 Å². The Morgan fingerprint density at radius 3 is 3.00 bits per heavy atom. The average Bonchev–Trinajstić information content (AvgIpc) is 2.49. The number of ether oxygens (including phenoxy) is 1. The highest BCUT2D eigenvalue weighted by atomic mass is 79.9. The SMILES string of the molecule is CNC1(C#N)CCCC(Oc2c(Br)cccc2[N+](=O)[O-])C1. The van der Waals surface area contributed by atoms with E-state index >= 15 is 0 Å². The smallest absolute Gasteiger partial charge is 0.312 e. The fraction of sp³-hybridized carbons (Fsp3) is 0.500. The molecule has 0 aromatic heterocycles. The maximum Gasteiger partial charge on any atom is 0.312 e. The summed E-state index contributed by atoms with van der Waals surface area (Å²) in [4.78, 5) is 10.6. The van der Waals surface area contributed by atoms with E-state index in [9.17, 15) is 15.4 Å². The Balaban J connectivity index is 2.23. The van der Waals surface area contributed by atoms with Gasteiger partial charge >= 0.3 is 5.69 Å². The van der Waals surface area contributed by atoms with Crippen molar-refractivity contribution >= 4 is 21.6 Å². The Kier molecular flexibility index (Phi) is 4.80. The van der Waals surface area contributed by atoms with Crippen molar-refractivity contribution in [3.8, 4) is 11.8 Å². The molecule has 1 aliphatic rings. The maximum atomic E-state index is 11.1. The molecule has 0 bridgehead atoms. The van der Waals surface area contributed by atoms with Crippen LogP contribution < -0.4 is 10.1 Å². The molecule has 7 heteroatoms. The number of para-hydroxylation sites is 1. The van der Waals surface area contributed by atoms with Crippen LogP contribution in [0, 0.1) is 21.4 Å². The summed E-state index contributed by atoms with van der Waals surface area (Å²) in [7, 11) is 1.76. The standard InChI is InChI=1S/C14H16BrN3O3/c1-17-14(9-16)7-3-4-10(8-14)21-13-11(15)5-2-6-12(13)18(19)20/h2,5-6,10,17H,3-4,7-8H2,1H3. The van der Waals surface area contributed by atoms with E-state index in [2.05, 4.69) is 27.3 Å². The second-order valence-corrected chi connectivity index (χ2v) is 5.98. The lowest BCUT2D eigenvalue weighted by Gasteiger charge is -2.35. The highest BCUT2D eigenvalue weighted by Gasteiger charge is 2.37. The summed E-state index contributed by atoms with van der Waals surface area (Å²) < 4.78 is 6.41.